The number of ether oxygens (including phenoxy) is 2. The van der Waals surface area contributed by atoms with Crippen molar-refractivity contribution in [2.24, 2.45) is 11.3 Å². The number of carbonyl (C=O) groups is 1. The molecule has 1 saturated carbocycles. The molecule has 0 bridgehead atoms. The van der Waals surface area contributed by atoms with Crippen LogP contribution in [-0.2, 0) is 9.53 Å². The zero-order chi connectivity index (χ0) is 17.2. The number of rotatable bonds is 5. The Balaban J connectivity index is 1.72. The van der Waals surface area contributed by atoms with Crippen LogP contribution < -0.4 is 4.74 Å². The summed E-state index contributed by atoms with van der Waals surface area (Å²) in [5.74, 6) is 0.889. The summed E-state index contributed by atoms with van der Waals surface area (Å²) >= 11 is 0. The molecule has 3 rings (SSSR count). The molecule has 0 amide bonds. The molecule has 0 radical (unpaired) electrons. The zero-order valence-corrected chi connectivity index (χ0v) is 13.7. The van der Waals surface area contributed by atoms with Crippen molar-refractivity contribution in [1.82, 2.24) is 0 Å². The summed E-state index contributed by atoms with van der Waals surface area (Å²) < 4.78 is 11.2. The van der Waals surface area contributed by atoms with Crippen molar-refractivity contribution in [3.63, 3.8) is 0 Å². The normalized spacial score (nSPS) is 19.0. The number of hydrogen-bond donors (Lipinski definition) is 0. The van der Waals surface area contributed by atoms with Crippen LogP contribution in [0.1, 0.15) is 31.9 Å². The molecule has 1 aliphatic rings. The van der Waals surface area contributed by atoms with E-state index in [0.29, 0.717) is 17.1 Å². The van der Waals surface area contributed by atoms with E-state index in [4.69, 9.17) is 9.47 Å². The molecule has 0 aliphatic heterocycles. The van der Waals surface area contributed by atoms with Crippen LogP contribution in [0, 0.1) is 22.7 Å². The molecule has 24 heavy (non-hydrogen) atoms. The third-order valence-corrected chi connectivity index (χ3v) is 4.29. The van der Waals surface area contributed by atoms with Gasteiger partial charge >= 0.3 is 5.97 Å². The van der Waals surface area contributed by atoms with Crippen LogP contribution in [0.25, 0.3) is 0 Å². The van der Waals surface area contributed by atoms with Gasteiger partial charge in [-0.25, -0.2) is 0 Å². The maximum Gasteiger partial charge on any atom is 0.311 e. The third-order valence-electron chi connectivity index (χ3n) is 4.29. The first-order valence-electron chi connectivity index (χ1n) is 7.92. The molecule has 2 aromatic rings. The molecule has 122 valence electrons. The monoisotopic (exact) mass is 321 g/mol. The molecular weight excluding hydrogens is 302 g/mol. The van der Waals surface area contributed by atoms with Gasteiger partial charge in [0.2, 0.25) is 6.10 Å². The SMILES string of the molecule is CC1(C)C[C@H]1C(=O)O[C@H](C#N)c1cccc(Oc2ccccc2)c1. The predicted molar refractivity (Wildman–Crippen MR) is 89.3 cm³/mol. The molecule has 4 heteroatoms. The highest BCUT2D eigenvalue weighted by Gasteiger charge is 2.52. The summed E-state index contributed by atoms with van der Waals surface area (Å²) in [4.78, 5) is 12.1. The molecule has 2 atom stereocenters. The molecule has 0 heterocycles. The number of nitrogens with zero attached hydrogens (tertiary/aromatic N) is 1. The van der Waals surface area contributed by atoms with E-state index in [1.807, 2.05) is 44.2 Å². The predicted octanol–water partition coefficient (Wildman–Crippen LogP) is 4.63. The second kappa shape index (κ2) is 6.37. The Bertz CT molecular complexity index is 777. The number of benzene rings is 2. The molecule has 1 fully saturated rings. The van der Waals surface area contributed by atoms with Crippen molar-refractivity contribution >= 4 is 5.97 Å². The Labute approximate surface area is 141 Å². The number of hydrogen-bond acceptors (Lipinski definition) is 4. The lowest BCUT2D eigenvalue weighted by molar-refractivity contribution is -0.149. The van der Waals surface area contributed by atoms with Gasteiger partial charge in [0.15, 0.2) is 0 Å². The topological polar surface area (TPSA) is 59.3 Å². The van der Waals surface area contributed by atoms with Crippen molar-refractivity contribution < 1.29 is 14.3 Å². The lowest BCUT2D eigenvalue weighted by atomic mass is 10.1. The highest BCUT2D eigenvalue weighted by Crippen LogP contribution is 2.52. The van der Waals surface area contributed by atoms with E-state index >= 15 is 0 Å². The number of para-hydroxylation sites is 1. The Kier molecular flexibility index (Phi) is 4.26. The standard InChI is InChI=1S/C20H19NO3/c1-20(2)12-17(20)19(22)24-18(13-21)14-7-6-10-16(11-14)23-15-8-4-3-5-9-15/h3-11,17-18H,12H2,1-2H3/t17-,18+/m0/s1. The minimum atomic E-state index is -0.923. The molecule has 0 saturated heterocycles. The van der Waals surface area contributed by atoms with Gasteiger partial charge < -0.3 is 9.47 Å². The van der Waals surface area contributed by atoms with Crippen molar-refractivity contribution in [2.45, 2.75) is 26.4 Å². The van der Waals surface area contributed by atoms with Crippen molar-refractivity contribution in [3.05, 3.63) is 60.2 Å². The summed E-state index contributed by atoms with van der Waals surface area (Å²) in [7, 11) is 0. The van der Waals surface area contributed by atoms with Crippen LogP contribution in [0.4, 0.5) is 0 Å². The largest absolute Gasteiger partial charge is 0.457 e. The highest BCUT2D eigenvalue weighted by molar-refractivity contribution is 5.77. The van der Waals surface area contributed by atoms with E-state index in [-0.39, 0.29) is 17.3 Å². The maximum atomic E-state index is 12.1. The first kappa shape index (κ1) is 16.1. The van der Waals surface area contributed by atoms with Gasteiger partial charge in [0.25, 0.3) is 0 Å². The first-order valence-corrected chi connectivity index (χ1v) is 7.92. The van der Waals surface area contributed by atoms with Crippen LogP contribution >= 0.6 is 0 Å². The molecule has 2 aromatic carbocycles. The fourth-order valence-electron chi connectivity index (χ4n) is 2.60. The van der Waals surface area contributed by atoms with Gasteiger partial charge in [-0.15, -0.1) is 0 Å². The summed E-state index contributed by atoms with van der Waals surface area (Å²) in [5.41, 5.74) is 0.591. The van der Waals surface area contributed by atoms with E-state index in [1.165, 1.54) is 0 Å². The van der Waals surface area contributed by atoms with Gasteiger partial charge in [0.05, 0.1) is 5.92 Å². The van der Waals surface area contributed by atoms with E-state index in [0.717, 1.165) is 6.42 Å². The molecule has 0 aromatic heterocycles. The lowest BCUT2D eigenvalue weighted by Crippen LogP contribution is -2.14. The quantitative estimate of drug-likeness (QED) is 0.753. The second-order valence-corrected chi connectivity index (χ2v) is 6.68. The average molecular weight is 321 g/mol. The van der Waals surface area contributed by atoms with Crippen LogP contribution in [0.3, 0.4) is 0 Å². The van der Waals surface area contributed by atoms with Gasteiger partial charge in [-0.2, -0.15) is 5.26 Å². The summed E-state index contributed by atoms with van der Waals surface area (Å²) in [5, 5.41) is 9.37. The zero-order valence-electron chi connectivity index (χ0n) is 13.7. The average Bonchev–Trinajstić information content (AvgIpc) is 3.22. The van der Waals surface area contributed by atoms with Gasteiger partial charge in [-0.05, 0) is 36.1 Å². The molecule has 0 unspecified atom stereocenters. The molecule has 1 aliphatic carbocycles. The number of esters is 1. The number of carbonyl (C=O) groups excluding carboxylic acids is 1. The third kappa shape index (κ3) is 3.57. The van der Waals surface area contributed by atoms with Crippen LogP contribution in [0.5, 0.6) is 11.5 Å². The van der Waals surface area contributed by atoms with Crippen LogP contribution in [0.2, 0.25) is 0 Å². The molecular formula is C20H19NO3. The summed E-state index contributed by atoms with van der Waals surface area (Å²) in [6, 6.07) is 18.5. The van der Waals surface area contributed by atoms with E-state index in [1.54, 1.807) is 24.3 Å². The fraction of sp³-hybridized carbons (Fsp3) is 0.300. The summed E-state index contributed by atoms with van der Waals surface area (Å²) in [6.07, 6.45) is -0.116. The molecule has 4 nitrogen and oxygen atoms in total. The van der Waals surface area contributed by atoms with Gasteiger partial charge in [-0.1, -0.05) is 44.2 Å². The first-order chi connectivity index (χ1) is 11.5. The second-order valence-electron chi connectivity index (χ2n) is 6.68. The smallest absolute Gasteiger partial charge is 0.311 e. The fourth-order valence-corrected chi connectivity index (χ4v) is 2.60. The van der Waals surface area contributed by atoms with E-state index in [2.05, 4.69) is 6.07 Å². The Hall–Kier alpha value is -2.80. The van der Waals surface area contributed by atoms with Crippen LogP contribution in [-0.4, -0.2) is 5.97 Å². The Morgan fingerprint density at radius 3 is 2.46 bits per heavy atom. The lowest BCUT2D eigenvalue weighted by Gasteiger charge is -2.13. The Morgan fingerprint density at radius 2 is 1.83 bits per heavy atom. The van der Waals surface area contributed by atoms with Gasteiger partial charge in [-0.3, -0.25) is 4.79 Å². The van der Waals surface area contributed by atoms with E-state index < -0.39 is 6.10 Å². The van der Waals surface area contributed by atoms with Crippen LogP contribution in [0.15, 0.2) is 54.6 Å². The maximum absolute atomic E-state index is 12.1. The summed E-state index contributed by atoms with van der Waals surface area (Å²) in [6.45, 7) is 4.04. The van der Waals surface area contributed by atoms with Crippen molar-refractivity contribution in [3.8, 4) is 17.6 Å². The van der Waals surface area contributed by atoms with Crippen molar-refractivity contribution in [1.29, 1.82) is 5.26 Å². The molecule has 0 N–H and O–H groups in total. The minimum absolute atomic E-state index is 0.0185. The van der Waals surface area contributed by atoms with Gasteiger partial charge in [0.1, 0.15) is 17.6 Å². The van der Waals surface area contributed by atoms with Crippen molar-refractivity contribution in [2.75, 3.05) is 0 Å². The Morgan fingerprint density at radius 1 is 1.17 bits per heavy atom. The number of nitriles is 1. The van der Waals surface area contributed by atoms with Gasteiger partial charge in [0, 0.05) is 5.56 Å². The molecule has 0 spiro atoms. The minimum Gasteiger partial charge on any atom is -0.457 e. The highest BCUT2D eigenvalue weighted by atomic mass is 16.5. The van der Waals surface area contributed by atoms with E-state index in [9.17, 15) is 10.1 Å².